The number of rotatable bonds is 4. The zero-order valence-electron chi connectivity index (χ0n) is 17.6. The summed E-state index contributed by atoms with van der Waals surface area (Å²) in [4.78, 5) is 26.7. The molecule has 34 heavy (non-hydrogen) atoms. The van der Waals surface area contributed by atoms with Gasteiger partial charge in [0.05, 0.1) is 10.6 Å². The van der Waals surface area contributed by atoms with E-state index in [0.717, 1.165) is 54.2 Å². The third kappa shape index (κ3) is 4.24. The lowest BCUT2D eigenvalue weighted by atomic mass is 9.99. The van der Waals surface area contributed by atoms with Gasteiger partial charge in [0.15, 0.2) is 12.1 Å². The number of fused-ring (bicyclic) bond motifs is 1. The average Bonchev–Trinajstić information content (AvgIpc) is 3.32. The number of hydroxylamine groups is 1. The standard InChI is InChI=1S/C24H18ClF3N4O2/c25-20-11-18(7-8-19(20)22-30-21(13-33)34-31-22)32-9-1-2-15-10-16(12-29-23(15)32)14-3-5-17(6-4-14)24(26,27)28/h3-8,10-13,21H,1-2,9H2,(H,30,31). The zero-order chi connectivity index (χ0) is 23.9. The van der Waals surface area contributed by atoms with Crippen LogP contribution in [0.4, 0.5) is 24.7 Å². The molecule has 1 unspecified atom stereocenters. The van der Waals surface area contributed by atoms with Crippen molar-refractivity contribution in [3.63, 3.8) is 0 Å². The maximum Gasteiger partial charge on any atom is 0.416 e. The van der Waals surface area contributed by atoms with Gasteiger partial charge in [-0.05, 0) is 60.4 Å². The second kappa shape index (κ2) is 8.73. The molecule has 1 N–H and O–H groups in total. The van der Waals surface area contributed by atoms with Crippen molar-refractivity contribution in [1.29, 1.82) is 0 Å². The van der Waals surface area contributed by atoms with Gasteiger partial charge in [-0.2, -0.15) is 13.2 Å². The summed E-state index contributed by atoms with van der Waals surface area (Å²) in [6.07, 6.45) is -1.32. The Morgan fingerprint density at radius 2 is 1.91 bits per heavy atom. The van der Waals surface area contributed by atoms with Gasteiger partial charge >= 0.3 is 6.18 Å². The Balaban J connectivity index is 1.42. The van der Waals surface area contributed by atoms with E-state index in [9.17, 15) is 18.0 Å². The smallest absolute Gasteiger partial charge is 0.326 e. The molecule has 0 fully saturated rings. The fraction of sp³-hybridized carbons (Fsp3) is 0.208. The Morgan fingerprint density at radius 3 is 2.59 bits per heavy atom. The number of hydrogen-bond donors (Lipinski definition) is 1. The first-order chi connectivity index (χ1) is 16.3. The van der Waals surface area contributed by atoms with E-state index in [-0.39, 0.29) is 0 Å². The highest BCUT2D eigenvalue weighted by Gasteiger charge is 2.30. The molecule has 2 aliphatic heterocycles. The first kappa shape index (κ1) is 22.4. The highest BCUT2D eigenvalue weighted by atomic mass is 35.5. The molecule has 3 aromatic rings. The number of benzene rings is 2. The molecule has 0 spiro atoms. The zero-order valence-corrected chi connectivity index (χ0v) is 18.4. The summed E-state index contributed by atoms with van der Waals surface area (Å²) in [6, 6.07) is 12.5. The van der Waals surface area contributed by atoms with E-state index >= 15 is 0 Å². The number of amidine groups is 1. The number of anilines is 2. The number of halogens is 4. The van der Waals surface area contributed by atoms with Crippen molar-refractivity contribution in [3.05, 3.63) is 76.4 Å². The van der Waals surface area contributed by atoms with Crippen LogP contribution < -0.4 is 10.4 Å². The number of alkyl halides is 3. The molecular formula is C24H18ClF3N4O2. The van der Waals surface area contributed by atoms with Gasteiger partial charge in [0.2, 0.25) is 6.23 Å². The van der Waals surface area contributed by atoms with Crippen molar-refractivity contribution in [2.75, 3.05) is 11.4 Å². The van der Waals surface area contributed by atoms with Crippen LogP contribution in [0.15, 0.2) is 59.7 Å². The molecule has 2 aromatic carbocycles. The SMILES string of the molecule is O=CC1N=C(c2ccc(N3CCCc4cc(-c5ccc(C(F)(F)F)cc5)cnc43)cc2Cl)NO1. The van der Waals surface area contributed by atoms with E-state index in [1.165, 1.54) is 12.1 Å². The van der Waals surface area contributed by atoms with E-state index in [4.69, 9.17) is 16.4 Å². The Hall–Kier alpha value is -3.43. The molecule has 0 saturated heterocycles. The second-order valence-electron chi connectivity index (χ2n) is 7.93. The van der Waals surface area contributed by atoms with Crippen LogP contribution in [0.5, 0.6) is 0 Å². The van der Waals surface area contributed by atoms with Gasteiger partial charge in [0.25, 0.3) is 0 Å². The van der Waals surface area contributed by atoms with Gasteiger partial charge < -0.3 is 4.90 Å². The Labute approximate surface area is 198 Å². The Morgan fingerprint density at radius 1 is 1.12 bits per heavy atom. The van der Waals surface area contributed by atoms with E-state index in [1.54, 1.807) is 18.3 Å². The maximum atomic E-state index is 12.9. The van der Waals surface area contributed by atoms with Gasteiger partial charge in [-0.15, -0.1) is 0 Å². The van der Waals surface area contributed by atoms with Crippen molar-refractivity contribution >= 4 is 35.2 Å². The lowest BCUT2D eigenvalue weighted by Crippen LogP contribution is -2.26. The summed E-state index contributed by atoms with van der Waals surface area (Å²) < 4.78 is 38.6. The Kier molecular flexibility index (Phi) is 5.75. The number of aromatic nitrogens is 1. The van der Waals surface area contributed by atoms with Gasteiger partial charge in [0, 0.05) is 29.6 Å². The van der Waals surface area contributed by atoms with Crippen molar-refractivity contribution in [3.8, 4) is 11.1 Å². The van der Waals surface area contributed by atoms with Crippen LogP contribution in [0.2, 0.25) is 5.02 Å². The highest BCUT2D eigenvalue weighted by molar-refractivity contribution is 6.34. The van der Waals surface area contributed by atoms with Gasteiger partial charge in [-0.1, -0.05) is 23.7 Å². The quantitative estimate of drug-likeness (QED) is 0.506. The molecule has 10 heteroatoms. The van der Waals surface area contributed by atoms with Crippen LogP contribution >= 0.6 is 11.6 Å². The fourth-order valence-corrected chi connectivity index (χ4v) is 4.33. The molecule has 0 amide bonds. The summed E-state index contributed by atoms with van der Waals surface area (Å²) in [6.45, 7) is 0.741. The monoisotopic (exact) mass is 486 g/mol. The van der Waals surface area contributed by atoms with Crippen molar-refractivity contribution < 1.29 is 22.8 Å². The Bertz CT molecular complexity index is 1280. The van der Waals surface area contributed by atoms with Crippen LogP contribution in [-0.2, 0) is 22.2 Å². The van der Waals surface area contributed by atoms with Crippen LogP contribution in [0.3, 0.4) is 0 Å². The minimum atomic E-state index is -4.37. The van der Waals surface area contributed by atoms with E-state index < -0.39 is 18.0 Å². The van der Waals surface area contributed by atoms with Crippen molar-refractivity contribution in [1.82, 2.24) is 10.5 Å². The van der Waals surface area contributed by atoms with Crippen LogP contribution in [-0.4, -0.2) is 29.9 Å². The predicted octanol–water partition coefficient (Wildman–Crippen LogP) is 5.31. The predicted molar refractivity (Wildman–Crippen MR) is 122 cm³/mol. The minimum absolute atomic E-state index is 0.381. The third-order valence-electron chi connectivity index (χ3n) is 5.74. The summed E-state index contributed by atoms with van der Waals surface area (Å²) in [5.41, 5.74) is 5.82. The van der Waals surface area contributed by atoms with E-state index in [2.05, 4.69) is 20.4 Å². The largest absolute Gasteiger partial charge is 0.416 e. The third-order valence-corrected chi connectivity index (χ3v) is 6.05. The number of pyridine rings is 1. The van der Waals surface area contributed by atoms with Crippen molar-refractivity contribution in [2.24, 2.45) is 4.99 Å². The van der Waals surface area contributed by atoms with Gasteiger partial charge in [-0.25, -0.2) is 20.3 Å². The number of nitrogens with one attached hydrogen (secondary N) is 1. The topological polar surface area (TPSA) is 66.8 Å². The summed E-state index contributed by atoms with van der Waals surface area (Å²) in [5, 5.41) is 0.437. The second-order valence-corrected chi connectivity index (χ2v) is 8.33. The molecule has 5 rings (SSSR count). The number of nitrogens with zero attached hydrogens (tertiary/aromatic N) is 3. The van der Waals surface area contributed by atoms with Gasteiger partial charge in [-0.3, -0.25) is 4.79 Å². The summed E-state index contributed by atoms with van der Waals surface area (Å²) in [5.74, 6) is 1.17. The average molecular weight is 487 g/mol. The lowest BCUT2D eigenvalue weighted by Gasteiger charge is -2.30. The summed E-state index contributed by atoms with van der Waals surface area (Å²) >= 11 is 6.50. The van der Waals surface area contributed by atoms with E-state index in [0.29, 0.717) is 28.3 Å². The molecule has 174 valence electrons. The lowest BCUT2D eigenvalue weighted by molar-refractivity contribution is -0.137. The highest BCUT2D eigenvalue weighted by Crippen LogP contribution is 2.36. The molecule has 0 radical (unpaired) electrons. The van der Waals surface area contributed by atoms with E-state index in [1.807, 2.05) is 12.1 Å². The van der Waals surface area contributed by atoms with Gasteiger partial charge in [0.1, 0.15) is 5.82 Å². The number of carbonyl (C=O) groups is 1. The maximum absolute atomic E-state index is 12.9. The number of carbonyl (C=O) groups excluding carboxylic acids is 1. The molecular weight excluding hydrogens is 469 g/mol. The van der Waals surface area contributed by atoms with Crippen molar-refractivity contribution in [2.45, 2.75) is 25.2 Å². The summed E-state index contributed by atoms with van der Waals surface area (Å²) in [7, 11) is 0. The molecule has 3 heterocycles. The first-order valence-corrected chi connectivity index (χ1v) is 10.9. The number of hydrogen-bond acceptors (Lipinski definition) is 6. The molecule has 2 aliphatic rings. The van der Waals surface area contributed by atoms with Crippen LogP contribution in [0, 0.1) is 0 Å². The molecule has 1 aromatic heterocycles. The molecule has 0 aliphatic carbocycles. The first-order valence-electron chi connectivity index (χ1n) is 10.5. The number of aryl methyl sites for hydroxylation is 1. The number of aldehydes is 1. The number of aliphatic imine (C=N–C) groups is 1. The fourth-order valence-electron chi connectivity index (χ4n) is 4.07. The minimum Gasteiger partial charge on any atom is -0.326 e. The molecule has 0 saturated carbocycles. The van der Waals surface area contributed by atoms with Crippen LogP contribution in [0.1, 0.15) is 23.1 Å². The normalized spacial score (nSPS) is 17.7. The molecule has 6 nitrogen and oxygen atoms in total. The molecule has 0 bridgehead atoms. The molecule has 1 atom stereocenters. The van der Waals surface area contributed by atoms with Crippen LogP contribution in [0.25, 0.3) is 11.1 Å².